The number of nitrogens with two attached hydrogens (primary N) is 2. The third kappa shape index (κ3) is 2.20. The molecule has 0 saturated carbocycles. The lowest BCUT2D eigenvalue weighted by Gasteiger charge is -2.34. The van der Waals surface area contributed by atoms with Crippen LogP contribution in [0.25, 0.3) is 11.1 Å². The van der Waals surface area contributed by atoms with E-state index >= 15 is 0 Å². The van der Waals surface area contributed by atoms with Gasteiger partial charge in [0.15, 0.2) is 0 Å². The van der Waals surface area contributed by atoms with Gasteiger partial charge in [-0.25, -0.2) is 0 Å². The van der Waals surface area contributed by atoms with Gasteiger partial charge in [-0.1, -0.05) is 72.8 Å². The average molecular weight is 363 g/mol. The van der Waals surface area contributed by atoms with Gasteiger partial charge in [0.1, 0.15) is 0 Å². The van der Waals surface area contributed by atoms with Gasteiger partial charge in [-0.15, -0.1) is 0 Å². The maximum atomic E-state index is 6.27. The number of rotatable bonds is 3. The summed E-state index contributed by atoms with van der Waals surface area (Å²) in [4.78, 5) is 0. The highest BCUT2D eigenvalue weighted by Gasteiger charge is 2.46. The molecule has 3 heteroatoms. The molecule has 3 nitrogen and oxygen atoms in total. The van der Waals surface area contributed by atoms with Crippen LogP contribution >= 0.6 is 0 Å². The maximum Gasteiger partial charge on any atom is 0.0715 e. The minimum atomic E-state index is -0.449. The number of hydrazine groups is 1. The van der Waals surface area contributed by atoms with E-state index in [1.165, 1.54) is 33.4 Å². The molecule has 136 valence electrons. The highest BCUT2D eigenvalue weighted by atomic mass is 15.2. The van der Waals surface area contributed by atoms with Crippen LogP contribution < -0.4 is 17.0 Å². The summed E-state index contributed by atoms with van der Waals surface area (Å²) in [6.07, 6.45) is 0. The standard InChI is InChI=1S/C25H21N3/c26-19-11-13-21-22-14-12-20(28-27)16-24(22)25(23(21)15-19,17-7-3-1-4-8-17)18-9-5-2-6-10-18/h1-16,28H,26-27H2. The number of nitrogen functional groups attached to an aromatic ring is 2. The Hall–Kier alpha value is -3.56. The van der Waals surface area contributed by atoms with Crippen LogP contribution in [0.15, 0.2) is 97.1 Å². The molecule has 0 aliphatic heterocycles. The first kappa shape index (κ1) is 16.6. The molecule has 1 aliphatic rings. The number of hydrogen-bond acceptors (Lipinski definition) is 3. The molecular weight excluding hydrogens is 342 g/mol. The van der Waals surface area contributed by atoms with Crippen LogP contribution in [0.4, 0.5) is 11.4 Å². The van der Waals surface area contributed by atoms with E-state index in [4.69, 9.17) is 11.6 Å². The topological polar surface area (TPSA) is 64.1 Å². The van der Waals surface area contributed by atoms with Gasteiger partial charge in [0, 0.05) is 11.4 Å². The summed E-state index contributed by atoms with van der Waals surface area (Å²) in [6.45, 7) is 0. The van der Waals surface area contributed by atoms with Gasteiger partial charge in [-0.3, -0.25) is 5.84 Å². The van der Waals surface area contributed by atoms with Crippen molar-refractivity contribution in [3.8, 4) is 11.1 Å². The Morgan fingerprint density at radius 2 is 1.14 bits per heavy atom. The van der Waals surface area contributed by atoms with Crippen molar-refractivity contribution < 1.29 is 0 Å². The van der Waals surface area contributed by atoms with Crippen molar-refractivity contribution in [3.63, 3.8) is 0 Å². The number of fused-ring (bicyclic) bond motifs is 3. The average Bonchev–Trinajstić information content (AvgIpc) is 3.04. The molecule has 0 aromatic heterocycles. The SMILES string of the molecule is NNc1ccc2c(c1)C(c1ccccc1)(c1ccccc1)c1cc(N)ccc1-2. The second-order valence-corrected chi connectivity index (χ2v) is 7.19. The number of nitrogens with one attached hydrogen (secondary N) is 1. The summed E-state index contributed by atoms with van der Waals surface area (Å²) in [5.41, 5.74) is 17.5. The van der Waals surface area contributed by atoms with Gasteiger partial charge in [0.25, 0.3) is 0 Å². The summed E-state index contributed by atoms with van der Waals surface area (Å²) < 4.78 is 0. The highest BCUT2D eigenvalue weighted by molar-refractivity contribution is 5.88. The third-order valence-corrected chi connectivity index (χ3v) is 5.74. The van der Waals surface area contributed by atoms with Crippen molar-refractivity contribution in [1.82, 2.24) is 0 Å². The monoisotopic (exact) mass is 363 g/mol. The lowest BCUT2D eigenvalue weighted by atomic mass is 9.67. The summed E-state index contributed by atoms with van der Waals surface area (Å²) in [6, 6.07) is 33.8. The molecule has 28 heavy (non-hydrogen) atoms. The second-order valence-electron chi connectivity index (χ2n) is 7.19. The molecule has 0 heterocycles. The van der Waals surface area contributed by atoms with Crippen LogP contribution in [-0.4, -0.2) is 0 Å². The lowest BCUT2D eigenvalue weighted by Crippen LogP contribution is -2.28. The molecule has 0 unspecified atom stereocenters. The minimum absolute atomic E-state index is 0.449. The summed E-state index contributed by atoms with van der Waals surface area (Å²) in [5.74, 6) is 5.77. The maximum absolute atomic E-state index is 6.27. The van der Waals surface area contributed by atoms with Crippen LogP contribution in [0.5, 0.6) is 0 Å². The molecule has 5 N–H and O–H groups in total. The van der Waals surface area contributed by atoms with Crippen molar-refractivity contribution in [2.75, 3.05) is 11.2 Å². The van der Waals surface area contributed by atoms with Crippen LogP contribution in [0.3, 0.4) is 0 Å². The second kappa shape index (κ2) is 6.25. The van der Waals surface area contributed by atoms with Crippen molar-refractivity contribution in [1.29, 1.82) is 0 Å². The Morgan fingerprint density at radius 3 is 1.71 bits per heavy atom. The van der Waals surface area contributed by atoms with E-state index in [0.717, 1.165) is 11.4 Å². The molecule has 0 spiro atoms. The first-order chi connectivity index (χ1) is 13.7. The molecule has 4 aromatic carbocycles. The first-order valence-electron chi connectivity index (χ1n) is 9.37. The predicted molar refractivity (Wildman–Crippen MR) is 116 cm³/mol. The number of hydrogen-bond donors (Lipinski definition) is 3. The zero-order valence-corrected chi connectivity index (χ0v) is 15.4. The summed E-state index contributed by atoms with van der Waals surface area (Å²) in [5, 5.41) is 0. The van der Waals surface area contributed by atoms with Gasteiger partial charge in [-0.05, 0) is 57.6 Å². The molecule has 0 bridgehead atoms. The van der Waals surface area contributed by atoms with Gasteiger partial charge in [0.2, 0.25) is 0 Å². The quantitative estimate of drug-likeness (QED) is 0.242. The molecule has 4 aromatic rings. The third-order valence-electron chi connectivity index (χ3n) is 5.74. The molecule has 0 radical (unpaired) electrons. The van der Waals surface area contributed by atoms with Gasteiger partial charge in [-0.2, -0.15) is 0 Å². The van der Waals surface area contributed by atoms with Gasteiger partial charge in [0.05, 0.1) is 5.41 Å². The van der Waals surface area contributed by atoms with Crippen LogP contribution in [0.1, 0.15) is 22.3 Å². The zero-order valence-electron chi connectivity index (χ0n) is 15.4. The molecule has 0 atom stereocenters. The van der Waals surface area contributed by atoms with Gasteiger partial charge >= 0.3 is 0 Å². The molecule has 0 fully saturated rings. The molecule has 0 amide bonds. The van der Waals surface area contributed by atoms with Crippen molar-refractivity contribution in [2.45, 2.75) is 5.41 Å². The van der Waals surface area contributed by atoms with Gasteiger partial charge < -0.3 is 11.2 Å². The predicted octanol–water partition coefficient (Wildman–Crippen LogP) is 4.92. The first-order valence-corrected chi connectivity index (χ1v) is 9.37. The van der Waals surface area contributed by atoms with Crippen molar-refractivity contribution in [3.05, 3.63) is 119 Å². The Morgan fingerprint density at radius 1 is 0.607 bits per heavy atom. The van der Waals surface area contributed by atoms with E-state index in [-0.39, 0.29) is 0 Å². The fourth-order valence-electron chi connectivity index (χ4n) is 4.60. The van der Waals surface area contributed by atoms with E-state index in [1.54, 1.807) is 0 Å². The van der Waals surface area contributed by atoms with E-state index in [2.05, 4.69) is 90.4 Å². The minimum Gasteiger partial charge on any atom is -0.399 e. The summed E-state index contributed by atoms with van der Waals surface area (Å²) in [7, 11) is 0. The summed E-state index contributed by atoms with van der Waals surface area (Å²) >= 11 is 0. The zero-order chi connectivity index (χ0) is 19.1. The highest BCUT2D eigenvalue weighted by Crippen LogP contribution is 2.56. The molecular formula is C25H21N3. The molecule has 5 rings (SSSR count). The Labute approximate surface area is 164 Å². The number of anilines is 2. The smallest absolute Gasteiger partial charge is 0.0715 e. The van der Waals surface area contributed by atoms with Crippen LogP contribution in [0, 0.1) is 0 Å². The normalized spacial score (nSPS) is 13.6. The Kier molecular flexibility index (Phi) is 3.71. The van der Waals surface area contributed by atoms with Crippen LogP contribution in [-0.2, 0) is 5.41 Å². The van der Waals surface area contributed by atoms with Crippen LogP contribution in [0.2, 0.25) is 0 Å². The Bertz CT molecular complexity index is 1110. The largest absolute Gasteiger partial charge is 0.399 e. The fraction of sp³-hybridized carbons (Fsp3) is 0.0400. The van der Waals surface area contributed by atoms with E-state index < -0.39 is 5.41 Å². The Balaban J connectivity index is 1.98. The molecule has 1 aliphatic carbocycles. The van der Waals surface area contributed by atoms with E-state index in [0.29, 0.717) is 0 Å². The molecule has 0 saturated heterocycles. The van der Waals surface area contributed by atoms with E-state index in [1.807, 2.05) is 12.1 Å². The van der Waals surface area contributed by atoms with E-state index in [9.17, 15) is 0 Å². The van der Waals surface area contributed by atoms with Crippen molar-refractivity contribution >= 4 is 11.4 Å². The number of benzene rings is 4. The lowest BCUT2D eigenvalue weighted by molar-refractivity contribution is 0.769. The van der Waals surface area contributed by atoms with Crippen molar-refractivity contribution in [2.24, 2.45) is 5.84 Å². The fourth-order valence-corrected chi connectivity index (χ4v) is 4.60.